The summed E-state index contributed by atoms with van der Waals surface area (Å²) in [5, 5.41) is 0. The number of rotatable bonds is 2. The van der Waals surface area contributed by atoms with Crippen molar-refractivity contribution in [2.24, 2.45) is 5.92 Å². The molecule has 0 aliphatic carbocycles. The van der Waals surface area contributed by atoms with Crippen molar-refractivity contribution in [3.05, 3.63) is 0 Å². The summed E-state index contributed by atoms with van der Waals surface area (Å²) >= 11 is 0. The summed E-state index contributed by atoms with van der Waals surface area (Å²) in [6.45, 7) is 4.67. The molecule has 1 fully saturated rings. The maximum atomic E-state index is 11.8. The van der Waals surface area contributed by atoms with Gasteiger partial charge in [-0.25, -0.2) is 0 Å². The topological polar surface area (TPSA) is 26.3 Å². The molecule has 0 amide bonds. The minimum Gasteiger partial charge on any atom is -0.329 e. The van der Waals surface area contributed by atoms with Crippen LogP contribution >= 0.6 is 7.37 Å². The van der Waals surface area contributed by atoms with Crippen LogP contribution in [0.4, 0.5) is 0 Å². The minimum atomic E-state index is -2.17. The normalized spacial score (nSPS) is 38.9. The molecule has 0 spiro atoms. The molecule has 66 valence electrons. The van der Waals surface area contributed by atoms with Crippen molar-refractivity contribution >= 4 is 7.37 Å². The van der Waals surface area contributed by atoms with E-state index in [0.717, 1.165) is 18.7 Å². The van der Waals surface area contributed by atoms with Gasteiger partial charge in [-0.1, -0.05) is 6.92 Å². The van der Waals surface area contributed by atoms with Gasteiger partial charge >= 0.3 is 0 Å². The molecule has 0 saturated carbocycles. The Kier molecular flexibility index (Phi) is 3.15. The minimum absolute atomic E-state index is 0.598. The highest BCUT2D eigenvalue weighted by atomic mass is 31.2. The number of hydrogen-bond acceptors (Lipinski definition) is 2. The van der Waals surface area contributed by atoms with E-state index in [1.165, 1.54) is 6.42 Å². The second-order valence-corrected chi connectivity index (χ2v) is 6.09. The van der Waals surface area contributed by atoms with Crippen LogP contribution in [0.5, 0.6) is 0 Å². The molecule has 0 unspecified atom stereocenters. The molecule has 1 aliphatic heterocycles. The van der Waals surface area contributed by atoms with E-state index in [4.69, 9.17) is 4.52 Å². The van der Waals surface area contributed by atoms with Crippen LogP contribution in [0, 0.1) is 5.92 Å². The molecular formula is C8H17O2P. The largest absolute Gasteiger partial charge is 0.329 e. The molecule has 0 aromatic rings. The molecule has 2 nitrogen and oxygen atoms in total. The van der Waals surface area contributed by atoms with Gasteiger partial charge in [0.1, 0.15) is 0 Å². The van der Waals surface area contributed by atoms with Gasteiger partial charge in [0.2, 0.25) is 7.37 Å². The molecule has 2 atom stereocenters. The maximum absolute atomic E-state index is 11.8. The van der Waals surface area contributed by atoms with E-state index in [9.17, 15) is 4.57 Å². The number of hydrogen-bond donors (Lipinski definition) is 0. The van der Waals surface area contributed by atoms with Gasteiger partial charge in [-0.3, -0.25) is 4.57 Å². The quantitative estimate of drug-likeness (QED) is 0.604. The summed E-state index contributed by atoms with van der Waals surface area (Å²) in [4.78, 5) is 0. The Labute approximate surface area is 68.8 Å². The first-order valence-corrected chi connectivity index (χ1v) is 6.38. The van der Waals surface area contributed by atoms with Gasteiger partial charge in [-0.15, -0.1) is 0 Å². The third-order valence-electron chi connectivity index (χ3n) is 2.15. The Balaban J connectivity index is 2.49. The van der Waals surface area contributed by atoms with E-state index in [-0.39, 0.29) is 0 Å². The standard InChI is InChI=1S/C8H17O2P/c1-3-10-11(9)6-4-5-8(2)7-11/h8H,3-7H2,1-2H3/t8-,11+/m1/s1. The van der Waals surface area contributed by atoms with Crippen LogP contribution < -0.4 is 0 Å². The van der Waals surface area contributed by atoms with Crippen LogP contribution in [0.3, 0.4) is 0 Å². The molecule has 0 radical (unpaired) electrons. The van der Waals surface area contributed by atoms with Gasteiger partial charge < -0.3 is 4.52 Å². The summed E-state index contributed by atoms with van der Waals surface area (Å²) < 4.78 is 17.1. The lowest BCUT2D eigenvalue weighted by atomic mass is 10.1. The van der Waals surface area contributed by atoms with Crippen molar-refractivity contribution in [1.82, 2.24) is 0 Å². The van der Waals surface area contributed by atoms with Gasteiger partial charge in [-0.05, 0) is 25.7 Å². The van der Waals surface area contributed by atoms with E-state index in [1.54, 1.807) is 0 Å². The van der Waals surface area contributed by atoms with Crippen molar-refractivity contribution in [1.29, 1.82) is 0 Å². The molecule has 3 heteroatoms. The van der Waals surface area contributed by atoms with Crippen molar-refractivity contribution in [3.8, 4) is 0 Å². The zero-order chi connectivity index (χ0) is 8.32. The SMILES string of the molecule is CCO[P@@]1(=O)CCC[C@@H](C)C1. The van der Waals surface area contributed by atoms with Crippen molar-refractivity contribution < 1.29 is 9.09 Å². The monoisotopic (exact) mass is 176 g/mol. The van der Waals surface area contributed by atoms with Gasteiger partial charge in [0.25, 0.3) is 0 Å². The Hall–Kier alpha value is 0.190. The lowest BCUT2D eigenvalue weighted by molar-refractivity contribution is 0.319. The van der Waals surface area contributed by atoms with Crippen LogP contribution in [-0.4, -0.2) is 18.9 Å². The van der Waals surface area contributed by atoms with E-state index in [1.807, 2.05) is 6.92 Å². The highest BCUT2D eigenvalue weighted by molar-refractivity contribution is 7.59. The van der Waals surface area contributed by atoms with Crippen LogP contribution in [0.2, 0.25) is 0 Å². The fourth-order valence-corrected chi connectivity index (χ4v) is 4.37. The van der Waals surface area contributed by atoms with Gasteiger partial charge in [-0.2, -0.15) is 0 Å². The Morgan fingerprint density at radius 3 is 2.91 bits per heavy atom. The van der Waals surface area contributed by atoms with Crippen LogP contribution in [0.25, 0.3) is 0 Å². The van der Waals surface area contributed by atoms with Crippen LogP contribution in [-0.2, 0) is 9.09 Å². The Morgan fingerprint density at radius 2 is 2.36 bits per heavy atom. The van der Waals surface area contributed by atoms with E-state index < -0.39 is 7.37 Å². The predicted molar refractivity (Wildman–Crippen MR) is 47.4 cm³/mol. The lowest BCUT2D eigenvalue weighted by Gasteiger charge is -2.26. The predicted octanol–water partition coefficient (Wildman–Crippen LogP) is 2.73. The average Bonchev–Trinajstić information content (AvgIpc) is 1.86. The van der Waals surface area contributed by atoms with Gasteiger partial charge in [0.05, 0.1) is 6.61 Å². The van der Waals surface area contributed by atoms with Crippen LogP contribution in [0.1, 0.15) is 26.7 Å². The Bertz CT molecular complexity index is 161. The fraction of sp³-hybridized carbons (Fsp3) is 1.00. The van der Waals surface area contributed by atoms with Gasteiger partial charge in [0, 0.05) is 12.3 Å². The molecule has 0 bridgehead atoms. The zero-order valence-electron chi connectivity index (χ0n) is 7.38. The summed E-state index contributed by atoms with van der Waals surface area (Å²) in [5.41, 5.74) is 0. The van der Waals surface area contributed by atoms with Crippen LogP contribution in [0.15, 0.2) is 0 Å². The second kappa shape index (κ2) is 3.73. The molecule has 0 aromatic heterocycles. The summed E-state index contributed by atoms with van der Waals surface area (Å²) in [7, 11) is -2.17. The first kappa shape index (κ1) is 9.28. The fourth-order valence-electron chi connectivity index (χ4n) is 1.69. The van der Waals surface area contributed by atoms with E-state index in [2.05, 4.69) is 6.92 Å². The highest BCUT2D eigenvalue weighted by Gasteiger charge is 2.29. The molecule has 1 aliphatic rings. The second-order valence-electron chi connectivity index (χ2n) is 3.39. The molecule has 11 heavy (non-hydrogen) atoms. The van der Waals surface area contributed by atoms with Crippen molar-refractivity contribution in [3.63, 3.8) is 0 Å². The summed E-state index contributed by atoms with van der Waals surface area (Å²) in [5.74, 6) is 0.598. The summed E-state index contributed by atoms with van der Waals surface area (Å²) in [6.07, 6.45) is 3.92. The molecule has 1 saturated heterocycles. The molecule has 0 N–H and O–H groups in total. The third-order valence-corrected chi connectivity index (χ3v) is 5.06. The van der Waals surface area contributed by atoms with Gasteiger partial charge in [0.15, 0.2) is 0 Å². The molecular weight excluding hydrogens is 159 g/mol. The first-order valence-electron chi connectivity index (χ1n) is 4.39. The molecule has 0 aromatic carbocycles. The molecule has 1 heterocycles. The maximum Gasteiger partial charge on any atom is 0.203 e. The lowest BCUT2D eigenvalue weighted by Crippen LogP contribution is -2.13. The van der Waals surface area contributed by atoms with Crippen molar-refractivity contribution in [2.45, 2.75) is 26.7 Å². The zero-order valence-corrected chi connectivity index (χ0v) is 8.27. The summed E-state index contributed by atoms with van der Waals surface area (Å²) in [6, 6.07) is 0. The molecule has 1 rings (SSSR count). The smallest absolute Gasteiger partial charge is 0.203 e. The third kappa shape index (κ3) is 2.61. The first-order chi connectivity index (χ1) is 5.16. The van der Waals surface area contributed by atoms with Crippen molar-refractivity contribution in [2.75, 3.05) is 18.9 Å². The van der Waals surface area contributed by atoms with E-state index >= 15 is 0 Å². The van der Waals surface area contributed by atoms with E-state index in [0.29, 0.717) is 12.5 Å². The Morgan fingerprint density at radius 1 is 1.64 bits per heavy atom. The highest BCUT2D eigenvalue weighted by Crippen LogP contribution is 2.52. The average molecular weight is 176 g/mol.